The van der Waals surface area contributed by atoms with Crippen LogP contribution >= 0.6 is 0 Å². The summed E-state index contributed by atoms with van der Waals surface area (Å²) in [5.41, 5.74) is 1.14. The molecule has 0 aromatic heterocycles. The molecule has 0 bridgehead atoms. The maximum atomic E-state index is 13.1. The zero-order valence-electron chi connectivity index (χ0n) is 16.0. The summed E-state index contributed by atoms with van der Waals surface area (Å²) in [4.78, 5) is 26.6. The summed E-state index contributed by atoms with van der Waals surface area (Å²) in [5.74, 6) is -1.33. The average Bonchev–Trinajstić information content (AvgIpc) is 2.92. The van der Waals surface area contributed by atoms with Gasteiger partial charge in [-0.15, -0.1) is 0 Å². The number of nitrogens with zero attached hydrogens (tertiary/aromatic N) is 1. The van der Waals surface area contributed by atoms with Crippen molar-refractivity contribution in [1.82, 2.24) is 0 Å². The van der Waals surface area contributed by atoms with Crippen molar-refractivity contribution in [2.24, 2.45) is 0 Å². The summed E-state index contributed by atoms with van der Waals surface area (Å²) in [6.45, 7) is 3.41. The minimum absolute atomic E-state index is 0.0236. The number of halogens is 3. The maximum Gasteiger partial charge on any atom is 0.416 e. The molecule has 1 aliphatic rings. The molecule has 0 spiro atoms. The van der Waals surface area contributed by atoms with E-state index in [1.165, 1.54) is 32.2 Å². The number of anilines is 1. The van der Waals surface area contributed by atoms with Gasteiger partial charge in [0.25, 0.3) is 5.91 Å². The predicted molar refractivity (Wildman–Crippen MR) is 103 cm³/mol. The van der Waals surface area contributed by atoms with Crippen LogP contribution in [0, 0.1) is 6.92 Å². The first-order chi connectivity index (χ1) is 13.6. The first-order valence-corrected chi connectivity index (χ1v) is 8.73. The molecule has 1 amide bonds. The van der Waals surface area contributed by atoms with Gasteiger partial charge in [0.05, 0.1) is 23.8 Å². The third kappa shape index (κ3) is 3.94. The Labute approximate surface area is 165 Å². The summed E-state index contributed by atoms with van der Waals surface area (Å²) in [5, 5.41) is 0. The van der Waals surface area contributed by atoms with Crippen LogP contribution in [0.1, 0.15) is 23.6 Å². The van der Waals surface area contributed by atoms with Gasteiger partial charge in [-0.3, -0.25) is 9.69 Å². The number of esters is 1. The van der Waals surface area contributed by atoms with E-state index in [1.54, 1.807) is 12.1 Å². The van der Waals surface area contributed by atoms with Gasteiger partial charge in [0.1, 0.15) is 0 Å². The van der Waals surface area contributed by atoms with E-state index in [-0.39, 0.29) is 22.5 Å². The smallest absolute Gasteiger partial charge is 0.416 e. The fourth-order valence-electron chi connectivity index (χ4n) is 3.14. The Balaban J connectivity index is 2.13. The first-order valence-electron chi connectivity index (χ1n) is 8.73. The quantitative estimate of drug-likeness (QED) is 0.543. The fraction of sp³-hybridized carbons (Fsp3) is 0.182. The number of rotatable bonds is 3. The highest BCUT2D eigenvalue weighted by Crippen LogP contribution is 2.38. The van der Waals surface area contributed by atoms with Crippen LogP contribution in [0.4, 0.5) is 18.9 Å². The Morgan fingerprint density at radius 3 is 2.31 bits per heavy atom. The van der Waals surface area contributed by atoms with Crippen molar-refractivity contribution in [3.05, 3.63) is 82.1 Å². The lowest BCUT2D eigenvalue weighted by atomic mass is 10.0. The molecule has 0 aliphatic carbocycles. The molecule has 1 aliphatic heterocycles. The maximum absolute atomic E-state index is 13.1. The van der Waals surface area contributed by atoms with Crippen molar-refractivity contribution in [3.8, 4) is 0 Å². The normalized spacial score (nSPS) is 16.0. The van der Waals surface area contributed by atoms with Crippen molar-refractivity contribution in [1.29, 1.82) is 0 Å². The molecule has 0 saturated heterocycles. The Morgan fingerprint density at radius 1 is 1.07 bits per heavy atom. The molecular formula is C22H18F3NO3. The molecule has 0 radical (unpaired) electrons. The Hall–Kier alpha value is -3.35. The van der Waals surface area contributed by atoms with Gasteiger partial charge in [-0.25, -0.2) is 4.79 Å². The monoisotopic (exact) mass is 401 g/mol. The van der Waals surface area contributed by atoms with E-state index in [0.29, 0.717) is 5.56 Å². The number of ether oxygens (including phenoxy) is 1. The second-order valence-corrected chi connectivity index (χ2v) is 6.61. The number of carbonyl (C=O) groups is 2. The topological polar surface area (TPSA) is 46.6 Å². The van der Waals surface area contributed by atoms with Crippen LogP contribution in [0.2, 0.25) is 0 Å². The number of carbonyl (C=O) groups excluding carboxylic acids is 2. The molecule has 1 heterocycles. The highest BCUT2D eigenvalue weighted by Gasteiger charge is 2.39. The van der Waals surface area contributed by atoms with E-state index in [9.17, 15) is 22.8 Å². The number of hydrogen-bond donors (Lipinski definition) is 0. The third-order valence-corrected chi connectivity index (χ3v) is 4.61. The van der Waals surface area contributed by atoms with E-state index >= 15 is 0 Å². The van der Waals surface area contributed by atoms with Crippen LogP contribution < -0.4 is 4.90 Å². The van der Waals surface area contributed by atoms with Crippen molar-refractivity contribution >= 4 is 23.6 Å². The van der Waals surface area contributed by atoms with E-state index < -0.39 is 23.6 Å². The fourth-order valence-corrected chi connectivity index (χ4v) is 3.14. The molecule has 0 unspecified atom stereocenters. The van der Waals surface area contributed by atoms with Gasteiger partial charge in [-0.2, -0.15) is 13.2 Å². The molecule has 0 saturated carbocycles. The molecule has 0 fully saturated rings. The van der Waals surface area contributed by atoms with Gasteiger partial charge < -0.3 is 4.74 Å². The van der Waals surface area contributed by atoms with E-state index in [1.807, 2.05) is 19.1 Å². The largest absolute Gasteiger partial charge is 0.465 e. The van der Waals surface area contributed by atoms with Crippen LogP contribution in [0.15, 0.2) is 65.4 Å². The molecule has 7 heteroatoms. The standard InChI is InChI=1S/C22H18F3NO3/c1-13-7-9-15(10-8-13)11-18-19(21(28)29-3)14(2)26(20(18)27)17-6-4-5-16(12-17)22(23,24)25/h4-12H,1-3H3/b18-11-. The number of hydrogen-bond acceptors (Lipinski definition) is 3. The lowest BCUT2D eigenvalue weighted by molar-refractivity contribution is -0.137. The van der Waals surface area contributed by atoms with E-state index in [0.717, 1.165) is 22.6 Å². The summed E-state index contributed by atoms with van der Waals surface area (Å²) in [6, 6.07) is 11.7. The molecule has 0 atom stereocenters. The molecular weight excluding hydrogens is 383 g/mol. The van der Waals surface area contributed by atoms with E-state index in [2.05, 4.69) is 0 Å². The molecule has 150 valence electrons. The van der Waals surface area contributed by atoms with Crippen LogP contribution in [0.3, 0.4) is 0 Å². The molecule has 2 aromatic rings. The highest BCUT2D eigenvalue weighted by molar-refractivity contribution is 6.23. The molecule has 4 nitrogen and oxygen atoms in total. The number of amides is 1. The highest BCUT2D eigenvalue weighted by atomic mass is 19.4. The van der Waals surface area contributed by atoms with Crippen molar-refractivity contribution in [2.75, 3.05) is 12.0 Å². The number of methoxy groups -OCH3 is 1. The minimum Gasteiger partial charge on any atom is -0.465 e. The zero-order valence-corrected chi connectivity index (χ0v) is 16.0. The van der Waals surface area contributed by atoms with Gasteiger partial charge in [-0.05, 0) is 43.7 Å². The third-order valence-electron chi connectivity index (χ3n) is 4.61. The predicted octanol–water partition coefficient (Wildman–Crippen LogP) is 4.89. The summed E-state index contributed by atoms with van der Waals surface area (Å²) < 4.78 is 44.1. The summed E-state index contributed by atoms with van der Waals surface area (Å²) in [7, 11) is 1.18. The lowest BCUT2D eigenvalue weighted by Gasteiger charge is -2.19. The Bertz CT molecular complexity index is 1030. The van der Waals surface area contributed by atoms with Crippen molar-refractivity contribution in [3.63, 3.8) is 0 Å². The second kappa shape index (κ2) is 7.58. The molecule has 29 heavy (non-hydrogen) atoms. The van der Waals surface area contributed by atoms with E-state index in [4.69, 9.17) is 4.74 Å². The summed E-state index contributed by atoms with van der Waals surface area (Å²) in [6.07, 6.45) is -3.02. The molecule has 2 aromatic carbocycles. The van der Waals surface area contributed by atoms with Crippen LogP contribution in [0.5, 0.6) is 0 Å². The Morgan fingerprint density at radius 2 is 1.72 bits per heavy atom. The number of aryl methyl sites for hydroxylation is 1. The number of allylic oxidation sites excluding steroid dienone is 1. The van der Waals surface area contributed by atoms with Gasteiger partial charge in [0, 0.05) is 11.4 Å². The molecule has 0 N–H and O–H groups in total. The van der Waals surface area contributed by atoms with Crippen LogP contribution in [-0.4, -0.2) is 19.0 Å². The molecule has 3 rings (SSSR count). The zero-order chi connectivity index (χ0) is 21.3. The van der Waals surface area contributed by atoms with Crippen molar-refractivity contribution in [2.45, 2.75) is 20.0 Å². The van der Waals surface area contributed by atoms with Gasteiger partial charge in [-0.1, -0.05) is 35.9 Å². The van der Waals surface area contributed by atoms with Crippen molar-refractivity contribution < 1.29 is 27.5 Å². The number of benzene rings is 2. The first kappa shape index (κ1) is 20.4. The number of alkyl halides is 3. The summed E-state index contributed by atoms with van der Waals surface area (Å²) >= 11 is 0. The minimum atomic E-state index is -4.55. The van der Waals surface area contributed by atoms with Gasteiger partial charge in [0.2, 0.25) is 0 Å². The Kier molecular flexibility index (Phi) is 5.33. The van der Waals surface area contributed by atoms with Crippen LogP contribution in [-0.2, 0) is 20.5 Å². The van der Waals surface area contributed by atoms with Crippen LogP contribution in [0.25, 0.3) is 6.08 Å². The SMILES string of the molecule is COC(=O)C1=C(C)N(c2cccc(C(F)(F)F)c2)C(=O)/C1=C\c1ccc(C)cc1. The second-order valence-electron chi connectivity index (χ2n) is 6.61. The van der Waals surface area contributed by atoms with Gasteiger partial charge >= 0.3 is 12.1 Å². The van der Waals surface area contributed by atoms with Gasteiger partial charge in [0.15, 0.2) is 0 Å². The lowest BCUT2D eigenvalue weighted by Crippen LogP contribution is -2.24. The average molecular weight is 401 g/mol.